The molecule has 1 aromatic heterocycles. The van der Waals surface area contributed by atoms with Crippen LogP contribution in [0.25, 0.3) is 0 Å². The van der Waals surface area contributed by atoms with Crippen LogP contribution in [0.1, 0.15) is 36.9 Å². The number of rotatable bonds is 8. The maximum atomic E-state index is 4.39. The van der Waals surface area contributed by atoms with E-state index >= 15 is 0 Å². The number of nitrogens with one attached hydrogen (secondary N) is 1. The molecule has 116 valence electrons. The van der Waals surface area contributed by atoms with Crippen molar-refractivity contribution in [2.75, 3.05) is 20.6 Å². The van der Waals surface area contributed by atoms with Crippen molar-refractivity contribution in [3.05, 3.63) is 42.2 Å². The summed E-state index contributed by atoms with van der Waals surface area (Å²) >= 11 is 0. The lowest BCUT2D eigenvalue weighted by atomic mass is 10.2. The van der Waals surface area contributed by atoms with Crippen molar-refractivity contribution in [1.29, 1.82) is 0 Å². The number of guanidine groups is 1. The molecule has 1 heterocycles. The van der Waals surface area contributed by atoms with Gasteiger partial charge in [-0.15, -0.1) is 6.58 Å². The van der Waals surface area contributed by atoms with Gasteiger partial charge in [-0.25, -0.2) is 0 Å². The van der Waals surface area contributed by atoms with Crippen molar-refractivity contribution in [2.45, 2.75) is 39.2 Å². The zero-order valence-electron chi connectivity index (χ0n) is 13.6. The number of nitrogens with zero attached hydrogens (tertiary/aromatic N) is 3. The molecule has 0 aliphatic heterocycles. The van der Waals surface area contributed by atoms with Crippen molar-refractivity contribution in [3.63, 3.8) is 0 Å². The van der Waals surface area contributed by atoms with E-state index in [9.17, 15) is 0 Å². The van der Waals surface area contributed by atoms with E-state index in [-0.39, 0.29) is 0 Å². The van der Waals surface area contributed by atoms with Crippen LogP contribution >= 0.6 is 0 Å². The summed E-state index contributed by atoms with van der Waals surface area (Å²) in [7, 11) is 3.90. The van der Waals surface area contributed by atoms with Gasteiger partial charge in [0.15, 0.2) is 5.96 Å². The third-order valence-electron chi connectivity index (χ3n) is 3.51. The molecular weight excluding hydrogens is 260 g/mol. The van der Waals surface area contributed by atoms with Crippen LogP contribution < -0.4 is 5.32 Å². The lowest BCUT2D eigenvalue weighted by Gasteiger charge is -2.22. The van der Waals surface area contributed by atoms with Gasteiger partial charge in [0, 0.05) is 26.8 Å². The summed E-state index contributed by atoms with van der Waals surface area (Å²) in [6.07, 6.45) is 8.54. The van der Waals surface area contributed by atoms with Gasteiger partial charge in [0.1, 0.15) is 0 Å². The normalized spacial score (nSPS) is 11.3. The summed E-state index contributed by atoms with van der Waals surface area (Å²) in [6, 6.07) is 4.04. The molecule has 1 aromatic rings. The molecule has 0 radical (unpaired) electrons. The molecule has 0 aliphatic carbocycles. The lowest BCUT2D eigenvalue weighted by Crippen LogP contribution is -2.39. The standard InChI is InChI=1S/C17H28N4/c1-5-6-7-8-9-13-21(4)17(18-3)20-14-16-15(2)11-10-12-19-16/h5,10-12H,1,6-9,13-14H2,2-4H3,(H,18,20). The molecule has 1 N–H and O–H groups in total. The van der Waals surface area contributed by atoms with Gasteiger partial charge in [-0.2, -0.15) is 0 Å². The molecule has 0 atom stereocenters. The molecule has 0 bridgehead atoms. The van der Waals surface area contributed by atoms with Crippen LogP contribution in [0, 0.1) is 6.92 Å². The highest BCUT2D eigenvalue weighted by molar-refractivity contribution is 5.79. The Balaban J connectivity index is 2.37. The highest BCUT2D eigenvalue weighted by Crippen LogP contribution is 2.04. The van der Waals surface area contributed by atoms with Crippen molar-refractivity contribution >= 4 is 5.96 Å². The average molecular weight is 288 g/mol. The Morgan fingerprint density at radius 3 is 2.90 bits per heavy atom. The van der Waals surface area contributed by atoms with Gasteiger partial charge in [-0.3, -0.25) is 9.98 Å². The summed E-state index contributed by atoms with van der Waals surface area (Å²) in [6.45, 7) is 7.55. The van der Waals surface area contributed by atoms with Crippen molar-refractivity contribution in [1.82, 2.24) is 15.2 Å². The second-order valence-electron chi connectivity index (χ2n) is 5.23. The molecule has 0 unspecified atom stereocenters. The van der Waals surface area contributed by atoms with Gasteiger partial charge in [0.05, 0.1) is 12.2 Å². The van der Waals surface area contributed by atoms with Crippen molar-refractivity contribution < 1.29 is 0 Å². The first-order valence-corrected chi connectivity index (χ1v) is 7.62. The number of hydrogen-bond donors (Lipinski definition) is 1. The third-order valence-corrected chi connectivity index (χ3v) is 3.51. The van der Waals surface area contributed by atoms with Gasteiger partial charge < -0.3 is 10.2 Å². The maximum Gasteiger partial charge on any atom is 0.193 e. The Labute approximate surface area is 129 Å². The fourth-order valence-corrected chi connectivity index (χ4v) is 2.17. The number of aryl methyl sites for hydroxylation is 1. The molecule has 0 aromatic carbocycles. The number of unbranched alkanes of at least 4 members (excludes halogenated alkanes) is 3. The van der Waals surface area contributed by atoms with E-state index in [1.165, 1.54) is 24.8 Å². The molecule has 0 saturated carbocycles. The van der Waals surface area contributed by atoms with Gasteiger partial charge in [0.2, 0.25) is 0 Å². The molecule has 21 heavy (non-hydrogen) atoms. The molecule has 4 nitrogen and oxygen atoms in total. The van der Waals surface area contributed by atoms with Crippen molar-refractivity contribution in [3.8, 4) is 0 Å². The number of allylic oxidation sites excluding steroid dienone is 1. The van der Waals surface area contributed by atoms with E-state index in [0.717, 1.165) is 24.6 Å². The summed E-state index contributed by atoms with van der Waals surface area (Å²) in [5, 5.41) is 3.38. The molecule has 0 saturated heterocycles. The van der Waals surface area contributed by atoms with E-state index in [0.29, 0.717) is 6.54 Å². The Kier molecular flexibility index (Phi) is 8.17. The summed E-state index contributed by atoms with van der Waals surface area (Å²) in [5.41, 5.74) is 2.27. The van der Waals surface area contributed by atoms with E-state index in [4.69, 9.17) is 0 Å². The van der Waals surface area contributed by atoms with Crippen LogP contribution in [0.3, 0.4) is 0 Å². The summed E-state index contributed by atoms with van der Waals surface area (Å²) in [5.74, 6) is 0.920. The zero-order chi connectivity index (χ0) is 15.5. The van der Waals surface area contributed by atoms with E-state index in [1.807, 2.05) is 25.4 Å². The van der Waals surface area contributed by atoms with E-state index < -0.39 is 0 Å². The molecule has 0 aliphatic rings. The summed E-state index contributed by atoms with van der Waals surface area (Å²) in [4.78, 5) is 10.9. The Bertz CT molecular complexity index is 454. The molecule has 0 fully saturated rings. The van der Waals surface area contributed by atoms with Crippen LogP contribution in [-0.2, 0) is 6.54 Å². The highest BCUT2D eigenvalue weighted by Gasteiger charge is 2.06. The second-order valence-corrected chi connectivity index (χ2v) is 5.23. The largest absolute Gasteiger partial charge is 0.351 e. The van der Waals surface area contributed by atoms with Crippen molar-refractivity contribution in [2.24, 2.45) is 4.99 Å². The van der Waals surface area contributed by atoms with E-state index in [1.54, 1.807) is 0 Å². The number of aliphatic imine (C=N–C) groups is 1. The number of aromatic nitrogens is 1. The zero-order valence-corrected chi connectivity index (χ0v) is 13.6. The third kappa shape index (κ3) is 6.43. The first-order valence-electron chi connectivity index (χ1n) is 7.62. The molecule has 0 amide bonds. The smallest absolute Gasteiger partial charge is 0.193 e. The van der Waals surface area contributed by atoms with Crippen LogP contribution in [0.15, 0.2) is 36.0 Å². The Hall–Kier alpha value is -1.84. The first kappa shape index (κ1) is 17.2. The molecule has 0 spiro atoms. The van der Waals surface area contributed by atoms with Crippen LogP contribution in [-0.4, -0.2) is 36.5 Å². The van der Waals surface area contributed by atoms with Gasteiger partial charge in [0.25, 0.3) is 0 Å². The molecule has 1 rings (SSSR count). The monoisotopic (exact) mass is 288 g/mol. The average Bonchev–Trinajstić information content (AvgIpc) is 2.49. The van der Waals surface area contributed by atoms with Crippen LogP contribution in [0.2, 0.25) is 0 Å². The predicted octanol–water partition coefficient (Wildman–Crippen LogP) is 3.14. The SMILES string of the molecule is C=CCCCCCN(C)C(=NC)NCc1ncccc1C. The number of pyridine rings is 1. The topological polar surface area (TPSA) is 40.5 Å². The Morgan fingerprint density at radius 2 is 2.24 bits per heavy atom. The minimum atomic E-state index is 0.708. The fourth-order valence-electron chi connectivity index (χ4n) is 2.17. The van der Waals surface area contributed by atoms with Crippen LogP contribution in [0.5, 0.6) is 0 Å². The van der Waals surface area contributed by atoms with Gasteiger partial charge in [-0.05, 0) is 37.8 Å². The maximum absolute atomic E-state index is 4.39. The van der Waals surface area contributed by atoms with Crippen LogP contribution in [0.4, 0.5) is 0 Å². The second kappa shape index (κ2) is 9.97. The highest BCUT2D eigenvalue weighted by atomic mass is 15.3. The van der Waals surface area contributed by atoms with Gasteiger partial charge in [-0.1, -0.05) is 18.6 Å². The Morgan fingerprint density at radius 1 is 1.43 bits per heavy atom. The number of hydrogen-bond acceptors (Lipinski definition) is 2. The first-order chi connectivity index (χ1) is 10.2. The van der Waals surface area contributed by atoms with Gasteiger partial charge >= 0.3 is 0 Å². The predicted molar refractivity (Wildman–Crippen MR) is 90.5 cm³/mol. The minimum absolute atomic E-state index is 0.708. The fraction of sp³-hybridized carbons (Fsp3) is 0.529. The lowest BCUT2D eigenvalue weighted by molar-refractivity contribution is 0.454. The quantitative estimate of drug-likeness (QED) is 0.346. The van der Waals surface area contributed by atoms with E-state index in [2.05, 4.69) is 46.8 Å². The molecular formula is C17H28N4. The summed E-state index contributed by atoms with van der Waals surface area (Å²) < 4.78 is 0. The minimum Gasteiger partial charge on any atom is -0.351 e. The molecule has 4 heteroatoms.